The SMILES string of the molecule is CN(C)CCN(CC(=O)O)C(=O)c1ccccc1. The topological polar surface area (TPSA) is 60.9 Å². The lowest BCUT2D eigenvalue weighted by Gasteiger charge is -2.22. The van der Waals surface area contributed by atoms with Gasteiger partial charge in [-0.1, -0.05) is 18.2 Å². The van der Waals surface area contributed by atoms with Gasteiger partial charge >= 0.3 is 5.97 Å². The minimum Gasteiger partial charge on any atom is -0.480 e. The second-order valence-electron chi connectivity index (χ2n) is 4.29. The maximum Gasteiger partial charge on any atom is 0.323 e. The van der Waals surface area contributed by atoms with Gasteiger partial charge in [-0.25, -0.2) is 0 Å². The summed E-state index contributed by atoms with van der Waals surface area (Å²) in [6, 6.07) is 8.72. The van der Waals surface area contributed by atoms with Crippen LogP contribution in [0, 0.1) is 0 Å². The van der Waals surface area contributed by atoms with Crippen molar-refractivity contribution in [3.8, 4) is 0 Å². The molecule has 0 atom stereocenters. The number of aliphatic carboxylic acids is 1. The molecule has 0 aliphatic rings. The Kier molecular flexibility index (Phi) is 5.32. The summed E-state index contributed by atoms with van der Waals surface area (Å²) in [7, 11) is 3.76. The Morgan fingerprint density at radius 3 is 2.22 bits per heavy atom. The van der Waals surface area contributed by atoms with Crippen LogP contribution in [-0.2, 0) is 4.79 Å². The summed E-state index contributed by atoms with van der Waals surface area (Å²) in [5, 5.41) is 8.84. The fraction of sp³-hybridized carbons (Fsp3) is 0.385. The second kappa shape index (κ2) is 6.76. The molecular formula is C13H18N2O3. The first-order valence-electron chi connectivity index (χ1n) is 5.71. The molecule has 0 aliphatic heterocycles. The molecule has 0 unspecified atom stereocenters. The van der Waals surface area contributed by atoms with E-state index in [0.717, 1.165) is 0 Å². The lowest BCUT2D eigenvalue weighted by atomic mass is 10.2. The van der Waals surface area contributed by atoms with Crippen LogP contribution < -0.4 is 0 Å². The summed E-state index contributed by atoms with van der Waals surface area (Å²) >= 11 is 0. The van der Waals surface area contributed by atoms with E-state index >= 15 is 0 Å². The molecule has 18 heavy (non-hydrogen) atoms. The molecule has 1 N–H and O–H groups in total. The lowest BCUT2D eigenvalue weighted by molar-refractivity contribution is -0.137. The predicted octanol–water partition coefficient (Wildman–Crippen LogP) is 0.775. The van der Waals surface area contributed by atoms with Gasteiger partial charge in [0.25, 0.3) is 5.91 Å². The molecule has 5 heteroatoms. The number of carbonyl (C=O) groups is 2. The molecule has 1 aromatic carbocycles. The van der Waals surface area contributed by atoms with Crippen LogP contribution in [0.3, 0.4) is 0 Å². The number of benzene rings is 1. The standard InChI is InChI=1S/C13H18N2O3/c1-14(2)8-9-15(10-12(16)17)13(18)11-6-4-3-5-7-11/h3-7H,8-10H2,1-2H3,(H,16,17). The van der Waals surface area contributed by atoms with Crippen molar-refractivity contribution in [1.29, 1.82) is 0 Å². The van der Waals surface area contributed by atoms with Gasteiger partial charge in [0.1, 0.15) is 6.54 Å². The quantitative estimate of drug-likeness (QED) is 0.810. The van der Waals surface area contributed by atoms with Crippen LogP contribution >= 0.6 is 0 Å². The highest BCUT2D eigenvalue weighted by molar-refractivity contribution is 5.95. The minimum atomic E-state index is -1.00. The summed E-state index contributed by atoms with van der Waals surface area (Å²) < 4.78 is 0. The molecule has 0 spiro atoms. The number of hydrogen-bond acceptors (Lipinski definition) is 3. The molecule has 0 heterocycles. The minimum absolute atomic E-state index is 0.250. The molecule has 1 aromatic rings. The predicted molar refractivity (Wildman–Crippen MR) is 68.5 cm³/mol. The molecule has 0 bridgehead atoms. The molecule has 0 fully saturated rings. The van der Waals surface area contributed by atoms with Gasteiger partial charge in [0.15, 0.2) is 0 Å². The van der Waals surface area contributed by atoms with Crippen molar-refractivity contribution < 1.29 is 14.7 Å². The van der Waals surface area contributed by atoms with E-state index in [0.29, 0.717) is 18.7 Å². The zero-order valence-corrected chi connectivity index (χ0v) is 10.7. The van der Waals surface area contributed by atoms with Crippen LogP contribution in [0.25, 0.3) is 0 Å². The Hall–Kier alpha value is -1.88. The molecule has 0 radical (unpaired) electrons. The fourth-order valence-corrected chi connectivity index (χ4v) is 1.50. The maximum atomic E-state index is 12.1. The average molecular weight is 250 g/mol. The number of rotatable bonds is 6. The average Bonchev–Trinajstić information content (AvgIpc) is 2.34. The first-order valence-corrected chi connectivity index (χ1v) is 5.71. The van der Waals surface area contributed by atoms with Gasteiger partial charge < -0.3 is 14.9 Å². The maximum absolute atomic E-state index is 12.1. The van der Waals surface area contributed by atoms with Crippen molar-refractivity contribution in [3.05, 3.63) is 35.9 Å². The molecule has 1 amide bonds. The highest BCUT2D eigenvalue weighted by atomic mass is 16.4. The first kappa shape index (κ1) is 14.2. The highest BCUT2D eigenvalue weighted by Crippen LogP contribution is 2.04. The molecule has 0 aromatic heterocycles. The van der Waals surface area contributed by atoms with Crippen LogP contribution in [0.15, 0.2) is 30.3 Å². The summed E-state index contributed by atoms with van der Waals surface area (Å²) in [6.07, 6.45) is 0. The summed E-state index contributed by atoms with van der Waals surface area (Å²) in [6.45, 7) is 0.750. The van der Waals surface area contributed by atoms with Crippen molar-refractivity contribution in [2.75, 3.05) is 33.7 Å². The Morgan fingerprint density at radius 1 is 1.11 bits per heavy atom. The van der Waals surface area contributed by atoms with Gasteiger partial charge in [0.05, 0.1) is 0 Å². The van der Waals surface area contributed by atoms with E-state index in [1.165, 1.54) is 4.90 Å². The van der Waals surface area contributed by atoms with E-state index < -0.39 is 5.97 Å². The van der Waals surface area contributed by atoms with Crippen LogP contribution in [0.5, 0.6) is 0 Å². The number of carbonyl (C=O) groups excluding carboxylic acids is 1. The normalized spacial score (nSPS) is 10.4. The highest BCUT2D eigenvalue weighted by Gasteiger charge is 2.18. The molecule has 1 rings (SSSR count). The first-order chi connectivity index (χ1) is 8.50. The van der Waals surface area contributed by atoms with Crippen molar-refractivity contribution >= 4 is 11.9 Å². The van der Waals surface area contributed by atoms with E-state index in [-0.39, 0.29) is 12.5 Å². The smallest absolute Gasteiger partial charge is 0.323 e. The van der Waals surface area contributed by atoms with E-state index in [1.54, 1.807) is 24.3 Å². The van der Waals surface area contributed by atoms with Crippen molar-refractivity contribution in [3.63, 3.8) is 0 Å². The summed E-state index contributed by atoms with van der Waals surface area (Å²) in [4.78, 5) is 26.2. The van der Waals surface area contributed by atoms with Gasteiger partial charge in [-0.3, -0.25) is 9.59 Å². The number of hydrogen-bond donors (Lipinski definition) is 1. The zero-order chi connectivity index (χ0) is 13.5. The molecule has 0 saturated heterocycles. The van der Waals surface area contributed by atoms with E-state index in [2.05, 4.69) is 0 Å². The largest absolute Gasteiger partial charge is 0.480 e. The molecular weight excluding hydrogens is 232 g/mol. The van der Waals surface area contributed by atoms with Crippen LogP contribution in [-0.4, -0.2) is 60.5 Å². The Balaban J connectivity index is 2.75. The summed E-state index contributed by atoms with van der Waals surface area (Å²) in [5.41, 5.74) is 0.512. The van der Waals surface area contributed by atoms with E-state index in [9.17, 15) is 9.59 Å². The third-order valence-corrected chi connectivity index (χ3v) is 2.45. The monoisotopic (exact) mass is 250 g/mol. The van der Waals surface area contributed by atoms with Crippen LogP contribution in [0.4, 0.5) is 0 Å². The number of carboxylic acid groups (broad SMARTS) is 1. The molecule has 98 valence electrons. The second-order valence-corrected chi connectivity index (χ2v) is 4.29. The Morgan fingerprint density at radius 2 is 1.72 bits per heavy atom. The van der Waals surface area contributed by atoms with Gasteiger partial charge in [0, 0.05) is 18.7 Å². The number of amides is 1. The molecule has 5 nitrogen and oxygen atoms in total. The van der Waals surface area contributed by atoms with E-state index in [1.807, 2.05) is 25.1 Å². The van der Waals surface area contributed by atoms with Gasteiger partial charge in [-0.2, -0.15) is 0 Å². The number of likely N-dealkylation sites (N-methyl/N-ethyl adjacent to an activating group) is 1. The van der Waals surface area contributed by atoms with Crippen LogP contribution in [0.1, 0.15) is 10.4 Å². The van der Waals surface area contributed by atoms with Crippen molar-refractivity contribution in [2.45, 2.75) is 0 Å². The third kappa shape index (κ3) is 4.55. The Labute approximate surface area is 107 Å². The third-order valence-electron chi connectivity index (χ3n) is 2.45. The lowest BCUT2D eigenvalue weighted by Crippen LogP contribution is -2.40. The van der Waals surface area contributed by atoms with Gasteiger partial charge in [-0.05, 0) is 26.2 Å². The van der Waals surface area contributed by atoms with Gasteiger partial charge in [0.2, 0.25) is 0 Å². The van der Waals surface area contributed by atoms with Crippen molar-refractivity contribution in [1.82, 2.24) is 9.80 Å². The summed E-state index contributed by atoms with van der Waals surface area (Å²) in [5.74, 6) is -1.25. The molecule has 0 aliphatic carbocycles. The van der Waals surface area contributed by atoms with Crippen LogP contribution in [0.2, 0.25) is 0 Å². The number of nitrogens with zero attached hydrogens (tertiary/aromatic N) is 2. The van der Waals surface area contributed by atoms with Gasteiger partial charge in [-0.15, -0.1) is 0 Å². The fourth-order valence-electron chi connectivity index (χ4n) is 1.50. The Bertz CT molecular complexity index is 404. The van der Waals surface area contributed by atoms with E-state index in [4.69, 9.17) is 5.11 Å². The zero-order valence-electron chi connectivity index (χ0n) is 10.7. The van der Waals surface area contributed by atoms with Crippen molar-refractivity contribution in [2.24, 2.45) is 0 Å². The number of carboxylic acids is 1. The molecule has 0 saturated carbocycles.